The van der Waals surface area contributed by atoms with Crippen LogP contribution in [0.3, 0.4) is 0 Å². The van der Waals surface area contributed by atoms with Gasteiger partial charge in [0.05, 0.1) is 17.2 Å². The third-order valence-corrected chi connectivity index (χ3v) is 4.97. The largest absolute Gasteiger partial charge is 0.338 e. The zero-order valence-electron chi connectivity index (χ0n) is 11.1. The quantitative estimate of drug-likeness (QED) is 0.870. The predicted octanol–water partition coefficient (Wildman–Crippen LogP) is 3.61. The Morgan fingerprint density at radius 1 is 1.45 bits per heavy atom. The summed E-state index contributed by atoms with van der Waals surface area (Å²) in [4.78, 5) is 13.6. The number of hydrogen-bond donors (Lipinski definition) is 1. The van der Waals surface area contributed by atoms with Crippen LogP contribution in [0, 0.1) is 6.92 Å². The number of nitrogens with one attached hydrogen (secondary N) is 1. The summed E-state index contributed by atoms with van der Waals surface area (Å²) in [5.41, 5.74) is 3.80. The van der Waals surface area contributed by atoms with Crippen molar-refractivity contribution >= 4 is 23.0 Å². The van der Waals surface area contributed by atoms with Gasteiger partial charge in [0.2, 0.25) is 5.88 Å². The molecule has 1 atom stereocenters. The van der Waals surface area contributed by atoms with Gasteiger partial charge < -0.3 is 9.84 Å². The molecule has 2 aromatic rings. The molecule has 5 heteroatoms. The van der Waals surface area contributed by atoms with Crippen molar-refractivity contribution in [1.29, 1.82) is 0 Å². The van der Waals surface area contributed by atoms with E-state index in [2.05, 4.69) is 16.5 Å². The van der Waals surface area contributed by atoms with Crippen molar-refractivity contribution in [3.05, 3.63) is 44.9 Å². The van der Waals surface area contributed by atoms with E-state index in [-0.39, 0.29) is 11.7 Å². The minimum atomic E-state index is -0.0136. The van der Waals surface area contributed by atoms with Gasteiger partial charge in [-0.15, -0.1) is 11.3 Å². The molecular formula is C15H14N2O2S. The predicted molar refractivity (Wildman–Crippen MR) is 76.9 cm³/mol. The number of fused-ring (bicyclic) bond motifs is 1. The van der Waals surface area contributed by atoms with E-state index in [0.717, 1.165) is 35.4 Å². The van der Waals surface area contributed by atoms with Crippen LogP contribution in [0.1, 0.15) is 41.3 Å². The third-order valence-electron chi connectivity index (χ3n) is 4.03. The van der Waals surface area contributed by atoms with Gasteiger partial charge in [0.25, 0.3) is 0 Å². The fourth-order valence-electron chi connectivity index (χ4n) is 3.16. The summed E-state index contributed by atoms with van der Waals surface area (Å²) >= 11 is 1.68. The maximum atomic E-state index is 12.4. The van der Waals surface area contributed by atoms with Crippen molar-refractivity contribution in [3.63, 3.8) is 0 Å². The number of nitrogens with zero attached hydrogens (tertiary/aromatic N) is 1. The minimum Gasteiger partial charge on any atom is -0.338 e. The maximum Gasteiger partial charge on any atom is 0.233 e. The smallest absolute Gasteiger partial charge is 0.233 e. The topological polar surface area (TPSA) is 55.1 Å². The van der Waals surface area contributed by atoms with Crippen molar-refractivity contribution in [2.24, 2.45) is 0 Å². The number of rotatable bonds is 1. The lowest BCUT2D eigenvalue weighted by Crippen LogP contribution is -2.26. The number of allylic oxidation sites excluding steroid dienone is 2. The number of ketones is 1. The fourth-order valence-corrected chi connectivity index (χ4v) is 4.00. The average molecular weight is 286 g/mol. The number of thiophene rings is 1. The Balaban J connectivity index is 1.96. The highest BCUT2D eigenvalue weighted by Crippen LogP contribution is 2.47. The normalized spacial score (nSPS) is 21.4. The van der Waals surface area contributed by atoms with E-state index >= 15 is 0 Å². The summed E-state index contributed by atoms with van der Waals surface area (Å²) in [6, 6.07) is 4.11. The van der Waals surface area contributed by atoms with Crippen LogP contribution in [0.5, 0.6) is 0 Å². The third kappa shape index (κ3) is 1.59. The molecule has 1 aliphatic carbocycles. The molecule has 0 aromatic carbocycles. The van der Waals surface area contributed by atoms with E-state index in [1.807, 2.05) is 18.4 Å². The van der Waals surface area contributed by atoms with Crippen LogP contribution in [0.15, 0.2) is 33.3 Å². The Morgan fingerprint density at radius 3 is 3.15 bits per heavy atom. The summed E-state index contributed by atoms with van der Waals surface area (Å²) in [7, 11) is 0. The fraction of sp³-hybridized carbons (Fsp3) is 0.333. The zero-order chi connectivity index (χ0) is 13.7. The molecule has 0 amide bonds. The number of carbonyl (C=O) groups excluding carboxylic acids is 1. The number of carbonyl (C=O) groups is 1. The Morgan fingerprint density at radius 2 is 2.35 bits per heavy atom. The number of anilines is 1. The van der Waals surface area contributed by atoms with Crippen molar-refractivity contribution in [2.45, 2.75) is 32.1 Å². The van der Waals surface area contributed by atoms with Crippen molar-refractivity contribution in [3.8, 4) is 0 Å². The second-order valence-electron chi connectivity index (χ2n) is 5.25. The highest BCUT2D eigenvalue weighted by Gasteiger charge is 2.38. The summed E-state index contributed by atoms with van der Waals surface area (Å²) in [5, 5.41) is 9.40. The molecule has 1 N–H and O–H groups in total. The SMILES string of the molecule is Cc1noc2c1[C@@H](c1cccs1)C1=C(CCCC1=O)N2. The Labute approximate surface area is 120 Å². The van der Waals surface area contributed by atoms with Crippen LogP contribution in [0.2, 0.25) is 0 Å². The van der Waals surface area contributed by atoms with E-state index in [1.54, 1.807) is 11.3 Å². The van der Waals surface area contributed by atoms with Crippen LogP contribution in [-0.4, -0.2) is 10.9 Å². The Kier molecular flexibility index (Phi) is 2.57. The number of aromatic nitrogens is 1. The summed E-state index contributed by atoms with van der Waals surface area (Å²) in [6.07, 6.45) is 2.45. The van der Waals surface area contributed by atoms with E-state index in [0.29, 0.717) is 12.3 Å². The van der Waals surface area contributed by atoms with Gasteiger partial charge in [0.15, 0.2) is 5.78 Å². The van der Waals surface area contributed by atoms with Gasteiger partial charge in [0.1, 0.15) is 0 Å². The molecule has 2 aromatic heterocycles. The lowest BCUT2D eigenvalue weighted by molar-refractivity contribution is -0.116. The van der Waals surface area contributed by atoms with Gasteiger partial charge in [-0.3, -0.25) is 4.79 Å². The lowest BCUT2D eigenvalue weighted by atomic mass is 9.79. The monoisotopic (exact) mass is 286 g/mol. The first-order chi connectivity index (χ1) is 9.75. The Hall–Kier alpha value is -1.88. The molecule has 0 unspecified atom stereocenters. The number of Topliss-reactive ketones (excluding diaryl/α,β-unsaturated/α-hetero) is 1. The summed E-state index contributed by atoms with van der Waals surface area (Å²) in [6.45, 7) is 1.93. The molecule has 20 heavy (non-hydrogen) atoms. The van der Waals surface area contributed by atoms with Gasteiger partial charge in [0, 0.05) is 22.6 Å². The molecular weight excluding hydrogens is 272 g/mol. The van der Waals surface area contributed by atoms with Crippen LogP contribution in [0.4, 0.5) is 5.88 Å². The molecule has 0 radical (unpaired) electrons. The molecule has 102 valence electrons. The summed E-state index contributed by atoms with van der Waals surface area (Å²) < 4.78 is 5.40. The zero-order valence-corrected chi connectivity index (χ0v) is 11.9. The van der Waals surface area contributed by atoms with E-state index in [1.165, 1.54) is 4.88 Å². The van der Waals surface area contributed by atoms with Crippen LogP contribution in [-0.2, 0) is 4.79 Å². The first kappa shape index (κ1) is 11.9. The Bertz CT molecular complexity index is 712. The highest BCUT2D eigenvalue weighted by atomic mass is 32.1. The lowest BCUT2D eigenvalue weighted by Gasteiger charge is -2.30. The molecule has 0 saturated carbocycles. The summed E-state index contributed by atoms with van der Waals surface area (Å²) in [5.74, 6) is 0.943. The molecule has 0 spiro atoms. The standard InChI is InChI=1S/C15H14N2O2S/c1-8-12-14(11-6-3-7-20-11)13-9(4-2-5-10(13)18)16-15(12)19-17-8/h3,6-7,14,16H,2,4-5H2,1H3/t14-/m1/s1. The molecule has 0 saturated heterocycles. The molecule has 4 nitrogen and oxygen atoms in total. The molecule has 1 aliphatic heterocycles. The van der Waals surface area contributed by atoms with Crippen LogP contribution < -0.4 is 5.32 Å². The van der Waals surface area contributed by atoms with Gasteiger partial charge in [-0.05, 0) is 31.2 Å². The molecule has 4 rings (SSSR count). The molecule has 2 aliphatic rings. The van der Waals surface area contributed by atoms with Crippen molar-refractivity contribution in [2.75, 3.05) is 5.32 Å². The van der Waals surface area contributed by atoms with Crippen molar-refractivity contribution in [1.82, 2.24) is 5.16 Å². The maximum absolute atomic E-state index is 12.4. The van der Waals surface area contributed by atoms with Gasteiger partial charge >= 0.3 is 0 Å². The first-order valence-electron chi connectivity index (χ1n) is 6.78. The average Bonchev–Trinajstić information content (AvgIpc) is 3.08. The van der Waals surface area contributed by atoms with Crippen LogP contribution >= 0.6 is 11.3 Å². The van der Waals surface area contributed by atoms with Gasteiger partial charge in [-0.1, -0.05) is 11.2 Å². The highest BCUT2D eigenvalue weighted by molar-refractivity contribution is 7.10. The second kappa shape index (κ2) is 4.31. The molecule has 0 bridgehead atoms. The number of hydrogen-bond acceptors (Lipinski definition) is 5. The minimum absolute atomic E-state index is 0.0136. The van der Waals surface area contributed by atoms with Gasteiger partial charge in [-0.25, -0.2) is 0 Å². The van der Waals surface area contributed by atoms with E-state index in [4.69, 9.17) is 4.52 Å². The van der Waals surface area contributed by atoms with Crippen molar-refractivity contribution < 1.29 is 9.32 Å². The van der Waals surface area contributed by atoms with E-state index in [9.17, 15) is 4.79 Å². The van der Waals surface area contributed by atoms with Gasteiger partial charge in [-0.2, -0.15) is 0 Å². The van der Waals surface area contributed by atoms with Crippen LogP contribution in [0.25, 0.3) is 0 Å². The van der Waals surface area contributed by atoms with E-state index < -0.39 is 0 Å². The molecule has 0 fully saturated rings. The molecule has 3 heterocycles. The number of aryl methyl sites for hydroxylation is 1. The second-order valence-corrected chi connectivity index (χ2v) is 6.23. The first-order valence-corrected chi connectivity index (χ1v) is 7.66.